The third-order valence-corrected chi connectivity index (χ3v) is 5.76. The average Bonchev–Trinajstić information content (AvgIpc) is 2.83. The number of rotatable bonds is 10. The first-order valence-electron chi connectivity index (χ1n) is 8.77. The number of hydrogen-bond acceptors (Lipinski definition) is 5. The van der Waals surface area contributed by atoms with E-state index in [1.807, 2.05) is 13.8 Å². The summed E-state index contributed by atoms with van der Waals surface area (Å²) < 4.78 is 26.5. The first-order valence-corrected chi connectivity index (χ1v) is 10.4. The summed E-state index contributed by atoms with van der Waals surface area (Å²) in [5.41, 5.74) is 0.642. The second-order valence-electron chi connectivity index (χ2n) is 6.99. The summed E-state index contributed by atoms with van der Waals surface area (Å²) in [5, 5.41) is 9.17. The van der Waals surface area contributed by atoms with Crippen LogP contribution >= 0.6 is 0 Å². The van der Waals surface area contributed by atoms with Crippen LogP contribution in [0.5, 0.6) is 0 Å². The fraction of sp³-hybridized carbons (Fsp3) is 0.500. The number of nitrogens with zero attached hydrogens (tertiary/aromatic N) is 1. The van der Waals surface area contributed by atoms with Crippen molar-refractivity contribution in [3.8, 4) is 0 Å². The Kier molecular flexibility index (Phi) is 6.72. The Morgan fingerprint density at radius 1 is 1.15 bits per heavy atom. The average molecular weight is 396 g/mol. The maximum atomic E-state index is 12.2. The summed E-state index contributed by atoms with van der Waals surface area (Å²) in [7, 11) is -3.70. The van der Waals surface area contributed by atoms with Gasteiger partial charge in [-0.15, -0.1) is 0 Å². The van der Waals surface area contributed by atoms with Crippen molar-refractivity contribution in [1.29, 1.82) is 0 Å². The van der Waals surface area contributed by atoms with Crippen molar-refractivity contribution >= 4 is 27.8 Å². The number of carbonyl (C=O) groups is 3. The molecule has 1 heterocycles. The Hall–Kier alpha value is -2.26. The minimum absolute atomic E-state index is 0.0123. The van der Waals surface area contributed by atoms with Crippen LogP contribution in [-0.2, 0) is 14.8 Å². The van der Waals surface area contributed by atoms with Gasteiger partial charge in [0.15, 0.2) is 0 Å². The van der Waals surface area contributed by atoms with Crippen LogP contribution in [0.25, 0.3) is 0 Å². The number of carboxylic acids is 1. The molecule has 1 aliphatic rings. The van der Waals surface area contributed by atoms with Crippen LogP contribution in [0.2, 0.25) is 0 Å². The van der Waals surface area contributed by atoms with E-state index < -0.39 is 33.7 Å². The highest BCUT2D eigenvalue weighted by Gasteiger charge is 2.34. The predicted octanol–water partition coefficient (Wildman–Crippen LogP) is 1.34. The molecular formula is C18H24N2O6S. The van der Waals surface area contributed by atoms with Gasteiger partial charge < -0.3 is 5.11 Å². The molecule has 1 aliphatic heterocycles. The topological polar surface area (TPSA) is 121 Å². The predicted molar refractivity (Wildman–Crippen MR) is 98.8 cm³/mol. The highest BCUT2D eigenvalue weighted by Crippen LogP contribution is 2.22. The number of carboxylic acid groups (broad SMARTS) is 1. The van der Waals surface area contributed by atoms with E-state index in [4.69, 9.17) is 5.11 Å². The Labute approximate surface area is 158 Å². The van der Waals surface area contributed by atoms with Gasteiger partial charge in [-0.1, -0.05) is 26.0 Å². The molecule has 0 aliphatic carbocycles. The first-order chi connectivity index (χ1) is 12.6. The Bertz CT molecular complexity index is 799. The van der Waals surface area contributed by atoms with Gasteiger partial charge >= 0.3 is 5.97 Å². The summed E-state index contributed by atoms with van der Waals surface area (Å²) in [6, 6.07) is 6.46. The van der Waals surface area contributed by atoms with Crippen LogP contribution in [0.3, 0.4) is 0 Å². The minimum Gasteiger partial charge on any atom is -0.481 e. The molecule has 27 heavy (non-hydrogen) atoms. The molecule has 1 unspecified atom stereocenters. The molecule has 0 radical (unpaired) electrons. The lowest BCUT2D eigenvalue weighted by molar-refractivity contribution is -0.142. The molecule has 2 rings (SSSR count). The Balaban J connectivity index is 1.87. The molecule has 0 bridgehead atoms. The molecular weight excluding hydrogens is 372 g/mol. The lowest BCUT2D eigenvalue weighted by Crippen LogP contribution is -2.36. The van der Waals surface area contributed by atoms with Gasteiger partial charge in [0.2, 0.25) is 10.0 Å². The lowest BCUT2D eigenvalue weighted by atomic mass is 9.98. The molecule has 1 aromatic rings. The number of imide groups is 1. The number of aliphatic carboxylic acids is 1. The van der Waals surface area contributed by atoms with E-state index in [0.29, 0.717) is 17.5 Å². The molecule has 0 saturated heterocycles. The zero-order chi connectivity index (χ0) is 20.2. The molecule has 0 spiro atoms. The Morgan fingerprint density at radius 2 is 1.70 bits per heavy atom. The summed E-state index contributed by atoms with van der Waals surface area (Å²) in [6.45, 7) is 3.55. The normalized spacial score (nSPS) is 15.3. The SMILES string of the molecule is CC(C)CC(CNS(=O)(=O)CCCN1C(=O)c2ccccc2C1=O)C(=O)O. The van der Waals surface area contributed by atoms with Gasteiger partial charge in [0.05, 0.1) is 22.8 Å². The summed E-state index contributed by atoms with van der Waals surface area (Å²) >= 11 is 0. The summed E-state index contributed by atoms with van der Waals surface area (Å²) in [5.74, 6) is -2.86. The van der Waals surface area contributed by atoms with Crippen molar-refractivity contribution in [2.75, 3.05) is 18.8 Å². The zero-order valence-electron chi connectivity index (χ0n) is 15.3. The monoisotopic (exact) mass is 396 g/mol. The number of sulfonamides is 1. The quantitative estimate of drug-likeness (QED) is 0.576. The molecule has 148 valence electrons. The van der Waals surface area contributed by atoms with E-state index in [1.54, 1.807) is 24.3 Å². The van der Waals surface area contributed by atoms with Gasteiger partial charge in [-0.05, 0) is 30.9 Å². The third-order valence-electron chi connectivity index (χ3n) is 4.33. The molecule has 2 amide bonds. The summed E-state index contributed by atoms with van der Waals surface area (Å²) in [6.07, 6.45) is 0.440. The number of benzene rings is 1. The van der Waals surface area contributed by atoms with Crippen LogP contribution in [0.1, 0.15) is 47.4 Å². The minimum atomic E-state index is -3.70. The van der Waals surface area contributed by atoms with Crippen LogP contribution in [-0.4, -0.2) is 55.1 Å². The molecule has 0 fully saturated rings. The fourth-order valence-electron chi connectivity index (χ4n) is 3.00. The number of carbonyl (C=O) groups excluding carboxylic acids is 2. The third kappa shape index (κ3) is 5.36. The first kappa shape index (κ1) is 21.0. The van der Waals surface area contributed by atoms with E-state index in [-0.39, 0.29) is 31.2 Å². The van der Waals surface area contributed by atoms with Crippen molar-refractivity contribution in [2.45, 2.75) is 26.7 Å². The lowest BCUT2D eigenvalue weighted by Gasteiger charge is -2.16. The van der Waals surface area contributed by atoms with Crippen molar-refractivity contribution in [3.63, 3.8) is 0 Å². The number of fused-ring (bicyclic) bond motifs is 1. The van der Waals surface area contributed by atoms with Crippen LogP contribution < -0.4 is 4.72 Å². The number of amides is 2. The molecule has 1 atom stereocenters. The van der Waals surface area contributed by atoms with Gasteiger partial charge in [0.25, 0.3) is 11.8 Å². The number of hydrogen-bond donors (Lipinski definition) is 2. The van der Waals surface area contributed by atoms with Crippen molar-refractivity contribution in [1.82, 2.24) is 9.62 Å². The van der Waals surface area contributed by atoms with Crippen LogP contribution in [0.15, 0.2) is 24.3 Å². The van der Waals surface area contributed by atoms with Gasteiger partial charge in [-0.25, -0.2) is 13.1 Å². The van der Waals surface area contributed by atoms with Gasteiger partial charge in [-0.2, -0.15) is 0 Å². The van der Waals surface area contributed by atoms with Crippen LogP contribution in [0, 0.1) is 11.8 Å². The number of nitrogens with one attached hydrogen (secondary N) is 1. The van der Waals surface area contributed by atoms with Crippen molar-refractivity contribution in [3.05, 3.63) is 35.4 Å². The highest BCUT2D eigenvalue weighted by molar-refractivity contribution is 7.89. The van der Waals surface area contributed by atoms with E-state index in [9.17, 15) is 22.8 Å². The zero-order valence-corrected chi connectivity index (χ0v) is 16.2. The largest absolute Gasteiger partial charge is 0.481 e. The maximum Gasteiger partial charge on any atom is 0.307 e. The maximum absolute atomic E-state index is 12.2. The van der Waals surface area contributed by atoms with Gasteiger partial charge in [0.1, 0.15) is 0 Å². The molecule has 9 heteroatoms. The van der Waals surface area contributed by atoms with Gasteiger partial charge in [0, 0.05) is 13.1 Å². The van der Waals surface area contributed by atoms with Crippen LogP contribution in [0.4, 0.5) is 0 Å². The van der Waals surface area contributed by atoms with E-state index in [1.165, 1.54) is 0 Å². The molecule has 0 aromatic heterocycles. The van der Waals surface area contributed by atoms with E-state index in [2.05, 4.69) is 4.72 Å². The van der Waals surface area contributed by atoms with Crippen molar-refractivity contribution in [2.24, 2.45) is 11.8 Å². The molecule has 0 saturated carbocycles. The van der Waals surface area contributed by atoms with E-state index >= 15 is 0 Å². The molecule has 2 N–H and O–H groups in total. The molecule has 1 aromatic carbocycles. The second-order valence-corrected chi connectivity index (χ2v) is 8.92. The fourth-order valence-corrected chi connectivity index (χ4v) is 4.10. The van der Waals surface area contributed by atoms with Gasteiger partial charge in [-0.3, -0.25) is 19.3 Å². The molecule has 8 nitrogen and oxygen atoms in total. The smallest absolute Gasteiger partial charge is 0.307 e. The Morgan fingerprint density at radius 3 is 2.19 bits per heavy atom. The standard InChI is InChI=1S/C18H24N2O6S/c1-12(2)10-13(18(23)24)11-19-27(25,26)9-5-8-20-16(21)14-6-3-4-7-15(14)17(20)22/h3-4,6-7,12-13,19H,5,8-11H2,1-2H3,(H,23,24). The summed E-state index contributed by atoms with van der Waals surface area (Å²) in [4.78, 5) is 36.7. The second kappa shape index (κ2) is 8.62. The van der Waals surface area contributed by atoms with E-state index in [0.717, 1.165) is 4.90 Å². The van der Waals surface area contributed by atoms with Crippen molar-refractivity contribution < 1.29 is 27.9 Å². The highest BCUT2D eigenvalue weighted by atomic mass is 32.2.